The highest BCUT2D eigenvalue weighted by Gasteiger charge is 2.26. The van der Waals surface area contributed by atoms with E-state index in [-0.39, 0.29) is 5.92 Å². The van der Waals surface area contributed by atoms with Crippen LogP contribution in [0.25, 0.3) is 23.8 Å². The fraction of sp³-hybridized carbons (Fsp3) is 0.278. The van der Waals surface area contributed by atoms with Gasteiger partial charge in [0.05, 0.1) is 12.0 Å². The minimum Gasteiger partial charge on any atom is -0.198 e. The first kappa shape index (κ1) is 10.8. The van der Waals surface area contributed by atoms with Gasteiger partial charge in [-0.15, -0.1) is 0 Å². The zero-order valence-corrected chi connectivity index (χ0v) is 10.8. The molecule has 1 aromatic carbocycles. The second-order valence-electron chi connectivity index (χ2n) is 5.65. The molecule has 3 aliphatic rings. The first-order valence-corrected chi connectivity index (χ1v) is 6.99. The number of nitriles is 1. The maximum atomic E-state index is 9.19. The lowest BCUT2D eigenvalue weighted by Gasteiger charge is -2.29. The van der Waals surface area contributed by atoms with Gasteiger partial charge in [-0.3, -0.25) is 0 Å². The van der Waals surface area contributed by atoms with E-state index in [9.17, 15) is 5.26 Å². The SMILES string of the molecule is N#CC1CCC2C=Cc3c4c(ccc3=C2C1)=CC=C4. The van der Waals surface area contributed by atoms with Gasteiger partial charge in [-0.25, -0.2) is 0 Å². The van der Waals surface area contributed by atoms with Gasteiger partial charge < -0.3 is 0 Å². The molecule has 1 nitrogen and oxygen atoms in total. The maximum Gasteiger partial charge on any atom is 0.0659 e. The monoisotopic (exact) mass is 245 g/mol. The summed E-state index contributed by atoms with van der Waals surface area (Å²) in [5.41, 5.74) is 4.18. The van der Waals surface area contributed by atoms with Crippen LogP contribution < -0.4 is 10.4 Å². The van der Waals surface area contributed by atoms with Crippen molar-refractivity contribution in [3.63, 3.8) is 0 Å². The highest BCUT2D eigenvalue weighted by Crippen LogP contribution is 2.36. The molecule has 0 N–H and O–H groups in total. The molecule has 19 heavy (non-hydrogen) atoms. The Morgan fingerprint density at radius 1 is 1.11 bits per heavy atom. The molecule has 0 bridgehead atoms. The largest absolute Gasteiger partial charge is 0.198 e. The molecule has 4 rings (SSSR count). The van der Waals surface area contributed by atoms with Crippen LogP contribution in [0.4, 0.5) is 0 Å². The van der Waals surface area contributed by atoms with E-state index in [0.717, 1.165) is 19.3 Å². The topological polar surface area (TPSA) is 23.8 Å². The lowest BCUT2D eigenvalue weighted by atomic mass is 9.74. The van der Waals surface area contributed by atoms with E-state index in [0.29, 0.717) is 5.92 Å². The Bertz CT molecular complexity index is 771. The molecule has 2 atom stereocenters. The van der Waals surface area contributed by atoms with Crippen LogP contribution in [0, 0.1) is 23.2 Å². The van der Waals surface area contributed by atoms with Gasteiger partial charge in [0.25, 0.3) is 0 Å². The molecule has 0 saturated heterocycles. The summed E-state index contributed by atoms with van der Waals surface area (Å²) in [6.07, 6.45) is 14.2. The van der Waals surface area contributed by atoms with Crippen molar-refractivity contribution in [2.24, 2.45) is 11.8 Å². The first-order valence-electron chi connectivity index (χ1n) is 6.99. The number of allylic oxidation sites excluding steroid dienone is 2. The zero-order valence-electron chi connectivity index (χ0n) is 10.8. The summed E-state index contributed by atoms with van der Waals surface area (Å²) in [6, 6.07) is 6.92. The lowest BCUT2D eigenvalue weighted by Crippen LogP contribution is -2.27. The Morgan fingerprint density at radius 3 is 2.95 bits per heavy atom. The molecule has 0 radical (unpaired) electrons. The van der Waals surface area contributed by atoms with Gasteiger partial charge in [0.1, 0.15) is 0 Å². The van der Waals surface area contributed by atoms with Crippen LogP contribution in [0.15, 0.2) is 24.3 Å². The van der Waals surface area contributed by atoms with E-state index in [2.05, 4.69) is 48.6 Å². The van der Waals surface area contributed by atoms with Gasteiger partial charge >= 0.3 is 0 Å². The predicted molar refractivity (Wildman–Crippen MR) is 78.1 cm³/mol. The van der Waals surface area contributed by atoms with E-state index < -0.39 is 0 Å². The molecular weight excluding hydrogens is 230 g/mol. The zero-order chi connectivity index (χ0) is 12.8. The standard InChI is InChI=1S/C18H15N/c19-11-12-4-5-14-7-8-16-15-3-1-2-13(15)6-9-17(16)18(14)10-12/h1-3,6-9,12,14H,4-5,10H2. The van der Waals surface area contributed by atoms with Crippen LogP contribution in [-0.4, -0.2) is 0 Å². The summed E-state index contributed by atoms with van der Waals surface area (Å²) >= 11 is 0. The van der Waals surface area contributed by atoms with Gasteiger partial charge in [0.2, 0.25) is 0 Å². The van der Waals surface area contributed by atoms with Crippen molar-refractivity contribution in [2.75, 3.05) is 0 Å². The van der Waals surface area contributed by atoms with Crippen molar-refractivity contribution in [1.82, 2.24) is 0 Å². The van der Waals surface area contributed by atoms with Crippen molar-refractivity contribution in [2.45, 2.75) is 19.3 Å². The van der Waals surface area contributed by atoms with Crippen LogP contribution in [-0.2, 0) is 0 Å². The lowest BCUT2D eigenvalue weighted by molar-refractivity contribution is 0.489. The van der Waals surface area contributed by atoms with Crippen molar-refractivity contribution in [1.29, 1.82) is 5.26 Å². The molecule has 3 aliphatic carbocycles. The average molecular weight is 245 g/mol. The fourth-order valence-corrected chi connectivity index (χ4v) is 3.61. The van der Waals surface area contributed by atoms with Crippen LogP contribution in [0.3, 0.4) is 0 Å². The molecule has 0 heterocycles. The summed E-state index contributed by atoms with van der Waals surface area (Å²) in [5.74, 6) is 0.769. The van der Waals surface area contributed by atoms with Gasteiger partial charge in [0.15, 0.2) is 0 Å². The highest BCUT2D eigenvalue weighted by molar-refractivity contribution is 5.78. The minimum atomic E-state index is 0.209. The van der Waals surface area contributed by atoms with E-state index in [4.69, 9.17) is 0 Å². The Morgan fingerprint density at radius 2 is 2.05 bits per heavy atom. The summed E-state index contributed by atoms with van der Waals surface area (Å²) in [6.45, 7) is 0. The van der Waals surface area contributed by atoms with Gasteiger partial charge in [-0.2, -0.15) is 5.26 Å². The molecule has 1 saturated carbocycles. The normalized spacial score (nSPS) is 26.2. The third-order valence-corrected chi connectivity index (χ3v) is 4.62. The number of nitrogens with zero attached hydrogens (tertiary/aromatic N) is 1. The minimum absolute atomic E-state index is 0.209. The molecule has 1 heteroatoms. The molecule has 2 unspecified atom stereocenters. The molecular formula is C18H15N. The average Bonchev–Trinajstić information content (AvgIpc) is 2.94. The van der Waals surface area contributed by atoms with Gasteiger partial charge in [-0.05, 0) is 46.7 Å². The van der Waals surface area contributed by atoms with E-state index >= 15 is 0 Å². The summed E-state index contributed by atoms with van der Waals surface area (Å²) in [4.78, 5) is 0. The smallest absolute Gasteiger partial charge is 0.0659 e. The quantitative estimate of drug-likeness (QED) is 0.689. The molecule has 1 fully saturated rings. The number of hydrogen-bond acceptors (Lipinski definition) is 1. The number of benzene rings is 1. The van der Waals surface area contributed by atoms with E-state index in [1.54, 1.807) is 0 Å². The van der Waals surface area contributed by atoms with Gasteiger partial charge in [0, 0.05) is 0 Å². The molecule has 0 spiro atoms. The first-order chi connectivity index (χ1) is 9.36. The van der Waals surface area contributed by atoms with Crippen LogP contribution in [0.2, 0.25) is 0 Å². The highest BCUT2D eigenvalue weighted by atomic mass is 14.3. The van der Waals surface area contributed by atoms with Crippen molar-refractivity contribution < 1.29 is 0 Å². The van der Waals surface area contributed by atoms with E-state index in [1.807, 2.05) is 0 Å². The van der Waals surface area contributed by atoms with Gasteiger partial charge in [-0.1, -0.05) is 48.1 Å². The predicted octanol–water partition coefficient (Wildman–Crippen LogP) is 2.61. The van der Waals surface area contributed by atoms with Crippen molar-refractivity contribution >= 4 is 23.8 Å². The number of fused-ring (bicyclic) bond motifs is 4. The summed E-state index contributed by atoms with van der Waals surface area (Å²) in [7, 11) is 0. The Hall–Kier alpha value is -2.07. The molecule has 0 aliphatic heterocycles. The summed E-state index contributed by atoms with van der Waals surface area (Å²) < 4.78 is 0. The van der Waals surface area contributed by atoms with E-state index in [1.165, 1.54) is 27.1 Å². The van der Waals surface area contributed by atoms with Crippen molar-refractivity contribution in [3.8, 4) is 6.07 Å². The number of rotatable bonds is 0. The van der Waals surface area contributed by atoms with Crippen LogP contribution in [0.1, 0.15) is 30.4 Å². The second kappa shape index (κ2) is 3.96. The van der Waals surface area contributed by atoms with Crippen molar-refractivity contribution in [3.05, 3.63) is 45.8 Å². The molecule has 92 valence electrons. The third-order valence-electron chi connectivity index (χ3n) is 4.62. The molecule has 1 aromatic rings. The second-order valence-corrected chi connectivity index (χ2v) is 5.65. The maximum absolute atomic E-state index is 9.19. The third kappa shape index (κ3) is 1.53. The molecule has 0 aromatic heterocycles. The summed E-state index contributed by atoms with van der Waals surface area (Å²) in [5, 5.41) is 11.9. The Kier molecular flexibility index (Phi) is 2.26. The van der Waals surface area contributed by atoms with Crippen LogP contribution >= 0.6 is 0 Å². The number of hydrogen-bond donors (Lipinski definition) is 0. The Labute approximate surface area is 112 Å². The molecule has 0 amide bonds. The Balaban J connectivity index is 1.98. The fourth-order valence-electron chi connectivity index (χ4n) is 3.61. The van der Waals surface area contributed by atoms with Crippen LogP contribution in [0.5, 0.6) is 0 Å².